The van der Waals surface area contributed by atoms with E-state index in [2.05, 4.69) is 21.9 Å². The first-order valence-corrected chi connectivity index (χ1v) is 13.0. The molecule has 0 saturated carbocycles. The van der Waals surface area contributed by atoms with Crippen LogP contribution >= 0.6 is 0 Å². The zero-order valence-corrected chi connectivity index (χ0v) is 23.3. The molecule has 1 aliphatic heterocycles. The van der Waals surface area contributed by atoms with Crippen molar-refractivity contribution in [3.05, 3.63) is 65.9 Å². The van der Waals surface area contributed by atoms with E-state index in [1.165, 1.54) is 0 Å². The van der Waals surface area contributed by atoms with Gasteiger partial charge in [0.1, 0.15) is 5.75 Å². The number of rotatable bonds is 10. The zero-order valence-electron chi connectivity index (χ0n) is 23.3. The van der Waals surface area contributed by atoms with Crippen molar-refractivity contribution in [2.75, 3.05) is 66.6 Å². The maximum Gasteiger partial charge on any atom is 0.162 e. The average Bonchev–Trinajstić information content (AvgIpc) is 3.31. The Kier molecular flexibility index (Phi) is 7.97. The summed E-state index contributed by atoms with van der Waals surface area (Å²) in [4.78, 5) is 4.84. The van der Waals surface area contributed by atoms with Crippen LogP contribution in [0.3, 0.4) is 0 Å². The molecule has 1 saturated heterocycles. The third kappa shape index (κ3) is 5.40. The van der Waals surface area contributed by atoms with E-state index in [4.69, 9.17) is 28.8 Å². The normalized spacial score (nSPS) is 13.9. The number of methoxy groups -OCH3 is 5. The van der Waals surface area contributed by atoms with Crippen LogP contribution in [0.4, 0.5) is 5.69 Å². The smallest absolute Gasteiger partial charge is 0.162 e. The zero-order chi connectivity index (χ0) is 27.4. The number of piperazine rings is 1. The molecule has 0 N–H and O–H groups in total. The SMILES string of the molecule is COc1ccc(Cn2nc(CN3CCN(c4ccccc4OC)CC3)c3cc(OC)c(OC)cc32)cc1OC. The predicted molar refractivity (Wildman–Crippen MR) is 152 cm³/mol. The highest BCUT2D eigenvalue weighted by atomic mass is 16.5. The van der Waals surface area contributed by atoms with Gasteiger partial charge in [-0.25, -0.2) is 0 Å². The Morgan fingerprint density at radius 3 is 1.97 bits per heavy atom. The van der Waals surface area contributed by atoms with Gasteiger partial charge in [0, 0.05) is 44.2 Å². The second-order valence-electron chi connectivity index (χ2n) is 9.45. The van der Waals surface area contributed by atoms with Crippen LogP contribution in [-0.2, 0) is 13.1 Å². The molecule has 0 unspecified atom stereocenters. The first-order valence-electron chi connectivity index (χ1n) is 13.0. The van der Waals surface area contributed by atoms with Crippen molar-refractivity contribution < 1.29 is 23.7 Å². The van der Waals surface area contributed by atoms with Gasteiger partial charge in [0.05, 0.1) is 59.0 Å². The molecule has 5 rings (SSSR count). The maximum absolute atomic E-state index is 5.63. The van der Waals surface area contributed by atoms with Gasteiger partial charge in [-0.2, -0.15) is 5.10 Å². The first kappa shape index (κ1) is 26.5. The molecule has 9 nitrogen and oxygen atoms in total. The number of benzene rings is 3. The Labute approximate surface area is 229 Å². The summed E-state index contributed by atoms with van der Waals surface area (Å²) in [6.07, 6.45) is 0. The molecule has 39 heavy (non-hydrogen) atoms. The van der Waals surface area contributed by atoms with Gasteiger partial charge in [0.15, 0.2) is 23.0 Å². The van der Waals surface area contributed by atoms with Crippen molar-refractivity contribution in [3.8, 4) is 28.7 Å². The fourth-order valence-electron chi connectivity index (χ4n) is 5.21. The molecule has 1 fully saturated rings. The van der Waals surface area contributed by atoms with Crippen LogP contribution in [0.5, 0.6) is 28.7 Å². The van der Waals surface area contributed by atoms with E-state index in [0.29, 0.717) is 29.5 Å². The molecular weight excluding hydrogens is 496 g/mol. The summed E-state index contributed by atoms with van der Waals surface area (Å²) >= 11 is 0. The van der Waals surface area contributed by atoms with E-state index in [9.17, 15) is 0 Å². The topological polar surface area (TPSA) is 70.5 Å². The van der Waals surface area contributed by atoms with E-state index < -0.39 is 0 Å². The number of nitrogens with zero attached hydrogens (tertiary/aromatic N) is 4. The van der Waals surface area contributed by atoms with Crippen LogP contribution in [0.2, 0.25) is 0 Å². The first-order chi connectivity index (χ1) is 19.1. The lowest BCUT2D eigenvalue weighted by molar-refractivity contribution is 0.246. The maximum atomic E-state index is 5.63. The minimum Gasteiger partial charge on any atom is -0.495 e. The Morgan fingerprint density at radius 1 is 0.641 bits per heavy atom. The highest BCUT2D eigenvalue weighted by Crippen LogP contribution is 2.35. The molecule has 9 heteroatoms. The van der Waals surface area contributed by atoms with Crippen molar-refractivity contribution in [2.45, 2.75) is 13.1 Å². The largest absolute Gasteiger partial charge is 0.495 e. The third-order valence-electron chi connectivity index (χ3n) is 7.28. The Hall–Kier alpha value is -4.11. The molecule has 0 aliphatic carbocycles. The lowest BCUT2D eigenvalue weighted by Gasteiger charge is -2.36. The highest BCUT2D eigenvalue weighted by Gasteiger charge is 2.23. The second kappa shape index (κ2) is 11.7. The summed E-state index contributed by atoms with van der Waals surface area (Å²) in [6, 6.07) is 18.2. The van der Waals surface area contributed by atoms with Gasteiger partial charge in [-0.15, -0.1) is 0 Å². The minimum atomic E-state index is 0.577. The molecule has 4 aromatic rings. The van der Waals surface area contributed by atoms with Crippen molar-refractivity contribution in [2.24, 2.45) is 0 Å². The molecule has 3 aromatic carbocycles. The van der Waals surface area contributed by atoms with Crippen LogP contribution in [0.1, 0.15) is 11.3 Å². The quantitative estimate of drug-likeness (QED) is 0.297. The summed E-state index contributed by atoms with van der Waals surface area (Å²) in [7, 11) is 8.33. The number of hydrogen-bond acceptors (Lipinski definition) is 8. The molecular formula is C30H36N4O5. The van der Waals surface area contributed by atoms with Gasteiger partial charge in [-0.3, -0.25) is 9.58 Å². The number of para-hydroxylation sites is 2. The fourth-order valence-corrected chi connectivity index (χ4v) is 5.21. The molecule has 206 valence electrons. The fraction of sp³-hybridized carbons (Fsp3) is 0.367. The molecule has 1 aliphatic rings. The van der Waals surface area contributed by atoms with Gasteiger partial charge in [-0.05, 0) is 35.9 Å². The molecule has 0 spiro atoms. The van der Waals surface area contributed by atoms with Gasteiger partial charge in [0.2, 0.25) is 0 Å². The summed E-state index contributed by atoms with van der Waals surface area (Å²) in [5.41, 5.74) is 4.20. The van der Waals surface area contributed by atoms with Crippen LogP contribution in [0.15, 0.2) is 54.6 Å². The minimum absolute atomic E-state index is 0.577. The van der Waals surface area contributed by atoms with E-state index >= 15 is 0 Å². The number of aromatic nitrogens is 2. The van der Waals surface area contributed by atoms with Crippen molar-refractivity contribution >= 4 is 16.6 Å². The summed E-state index contributed by atoms with van der Waals surface area (Å²) in [5, 5.41) is 6.15. The van der Waals surface area contributed by atoms with Gasteiger partial charge < -0.3 is 28.6 Å². The Balaban J connectivity index is 1.41. The van der Waals surface area contributed by atoms with E-state index in [1.54, 1.807) is 35.5 Å². The molecule has 1 aromatic heterocycles. The van der Waals surface area contributed by atoms with Gasteiger partial charge in [-0.1, -0.05) is 18.2 Å². The number of ether oxygens (including phenoxy) is 5. The lowest BCUT2D eigenvalue weighted by atomic mass is 10.1. The number of hydrogen-bond donors (Lipinski definition) is 0. The lowest BCUT2D eigenvalue weighted by Crippen LogP contribution is -2.46. The molecule has 0 amide bonds. The standard InChI is InChI=1S/C30H36N4O5/c1-35-26-9-7-6-8-24(26)33-14-12-32(13-15-33)20-23-22-17-29(38-4)30(39-5)18-25(22)34(31-23)19-21-10-11-27(36-2)28(16-21)37-3/h6-11,16-18H,12-15,19-20H2,1-5H3. The van der Waals surface area contributed by atoms with Crippen LogP contribution in [0, 0.1) is 0 Å². The van der Waals surface area contributed by atoms with Gasteiger partial charge in [0.25, 0.3) is 0 Å². The average molecular weight is 533 g/mol. The van der Waals surface area contributed by atoms with Gasteiger partial charge >= 0.3 is 0 Å². The second-order valence-corrected chi connectivity index (χ2v) is 9.45. The molecule has 2 heterocycles. The molecule has 0 bridgehead atoms. The van der Waals surface area contributed by atoms with Crippen LogP contribution in [-0.4, -0.2) is 76.4 Å². The highest BCUT2D eigenvalue weighted by molar-refractivity contribution is 5.86. The van der Waals surface area contributed by atoms with Crippen LogP contribution in [0.25, 0.3) is 10.9 Å². The number of fused-ring (bicyclic) bond motifs is 1. The molecule has 0 radical (unpaired) electrons. The number of anilines is 1. The van der Waals surface area contributed by atoms with E-state index in [-0.39, 0.29) is 0 Å². The van der Waals surface area contributed by atoms with Crippen molar-refractivity contribution in [1.29, 1.82) is 0 Å². The summed E-state index contributed by atoms with van der Waals surface area (Å²) in [6.45, 7) is 5.01. The summed E-state index contributed by atoms with van der Waals surface area (Å²) in [5.74, 6) is 3.67. The van der Waals surface area contributed by atoms with Crippen LogP contribution < -0.4 is 28.6 Å². The monoisotopic (exact) mass is 532 g/mol. The Morgan fingerprint density at radius 2 is 1.28 bits per heavy atom. The van der Waals surface area contributed by atoms with E-state index in [1.807, 2.05) is 47.1 Å². The third-order valence-corrected chi connectivity index (χ3v) is 7.28. The Bertz CT molecular complexity index is 1430. The molecule has 0 atom stereocenters. The van der Waals surface area contributed by atoms with Crippen molar-refractivity contribution in [3.63, 3.8) is 0 Å². The van der Waals surface area contributed by atoms with Crippen molar-refractivity contribution in [1.82, 2.24) is 14.7 Å². The van der Waals surface area contributed by atoms with E-state index in [0.717, 1.165) is 66.3 Å². The summed E-state index contributed by atoms with van der Waals surface area (Å²) < 4.78 is 29.8. The predicted octanol–water partition coefficient (Wildman–Crippen LogP) is 4.45.